The Morgan fingerprint density at radius 3 is 2.74 bits per heavy atom. The first-order valence-corrected chi connectivity index (χ1v) is 7.33. The van der Waals surface area contributed by atoms with Crippen LogP contribution >= 0.6 is 22.9 Å². The maximum atomic E-state index is 12.2. The van der Waals surface area contributed by atoms with Crippen LogP contribution in [0.15, 0.2) is 36.5 Å². The molecule has 0 aliphatic heterocycles. The SMILES string of the molecule is CCC(C(=O)NCc1cnc(Cl)s1)c1ccccc1. The van der Waals surface area contributed by atoms with Crippen LogP contribution in [0.3, 0.4) is 0 Å². The molecular formula is C14H15ClN2OS. The van der Waals surface area contributed by atoms with Crippen molar-refractivity contribution < 1.29 is 4.79 Å². The Bertz CT molecular complexity index is 541. The molecule has 1 heterocycles. The van der Waals surface area contributed by atoms with E-state index in [9.17, 15) is 4.79 Å². The van der Waals surface area contributed by atoms with E-state index in [1.807, 2.05) is 37.3 Å². The molecule has 1 aromatic heterocycles. The molecule has 3 nitrogen and oxygen atoms in total. The van der Waals surface area contributed by atoms with Gasteiger partial charge in [0.05, 0.1) is 12.5 Å². The molecule has 0 radical (unpaired) electrons. The third-order valence-electron chi connectivity index (χ3n) is 2.89. The largest absolute Gasteiger partial charge is 0.351 e. The Hall–Kier alpha value is -1.39. The topological polar surface area (TPSA) is 42.0 Å². The lowest BCUT2D eigenvalue weighted by Gasteiger charge is -2.14. The van der Waals surface area contributed by atoms with Gasteiger partial charge in [0.25, 0.3) is 0 Å². The Balaban J connectivity index is 1.98. The molecular weight excluding hydrogens is 280 g/mol. The summed E-state index contributed by atoms with van der Waals surface area (Å²) in [6.07, 6.45) is 2.47. The number of nitrogens with one attached hydrogen (secondary N) is 1. The molecule has 2 rings (SSSR count). The summed E-state index contributed by atoms with van der Waals surface area (Å²) in [4.78, 5) is 17.1. The number of amides is 1. The lowest BCUT2D eigenvalue weighted by atomic mass is 9.96. The monoisotopic (exact) mass is 294 g/mol. The summed E-state index contributed by atoms with van der Waals surface area (Å²) in [6, 6.07) is 9.82. The van der Waals surface area contributed by atoms with Gasteiger partial charge in [0.15, 0.2) is 4.47 Å². The van der Waals surface area contributed by atoms with Gasteiger partial charge in [0.1, 0.15) is 0 Å². The molecule has 0 aliphatic carbocycles. The van der Waals surface area contributed by atoms with Crippen LogP contribution in [0.4, 0.5) is 0 Å². The molecule has 0 bridgehead atoms. The van der Waals surface area contributed by atoms with Crippen molar-refractivity contribution in [3.63, 3.8) is 0 Å². The van der Waals surface area contributed by atoms with Gasteiger partial charge in [-0.05, 0) is 12.0 Å². The summed E-state index contributed by atoms with van der Waals surface area (Å²) in [7, 11) is 0. The van der Waals surface area contributed by atoms with E-state index in [4.69, 9.17) is 11.6 Å². The molecule has 0 fully saturated rings. The van der Waals surface area contributed by atoms with E-state index in [0.29, 0.717) is 11.0 Å². The fraction of sp³-hybridized carbons (Fsp3) is 0.286. The number of carbonyl (C=O) groups is 1. The van der Waals surface area contributed by atoms with Gasteiger partial charge in [0.2, 0.25) is 5.91 Å². The van der Waals surface area contributed by atoms with Crippen LogP contribution < -0.4 is 5.32 Å². The Labute approximate surface area is 121 Å². The third kappa shape index (κ3) is 3.78. The summed E-state index contributed by atoms with van der Waals surface area (Å²) in [6.45, 7) is 2.49. The van der Waals surface area contributed by atoms with Crippen LogP contribution in [-0.2, 0) is 11.3 Å². The second-order valence-electron chi connectivity index (χ2n) is 4.17. The molecule has 0 saturated carbocycles. The standard InChI is InChI=1S/C14H15ClN2OS/c1-2-12(10-6-4-3-5-7-10)13(18)16-8-11-9-17-14(15)19-11/h3-7,9,12H,2,8H2,1H3,(H,16,18). The van der Waals surface area contributed by atoms with Crippen molar-refractivity contribution >= 4 is 28.8 Å². The molecule has 0 spiro atoms. The highest BCUT2D eigenvalue weighted by Crippen LogP contribution is 2.21. The van der Waals surface area contributed by atoms with Crippen LogP contribution in [0.1, 0.15) is 29.7 Å². The Morgan fingerprint density at radius 1 is 1.42 bits per heavy atom. The normalized spacial score (nSPS) is 12.1. The summed E-state index contributed by atoms with van der Waals surface area (Å²) in [5.41, 5.74) is 1.05. The minimum atomic E-state index is -0.107. The number of nitrogens with zero attached hydrogens (tertiary/aromatic N) is 1. The predicted molar refractivity (Wildman–Crippen MR) is 78.4 cm³/mol. The number of aromatic nitrogens is 1. The van der Waals surface area contributed by atoms with Crippen LogP contribution in [0.25, 0.3) is 0 Å². The summed E-state index contributed by atoms with van der Waals surface area (Å²) in [5, 5.41) is 2.93. The molecule has 1 amide bonds. The van der Waals surface area contributed by atoms with Gasteiger partial charge < -0.3 is 5.32 Å². The van der Waals surface area contributed by atoms with Crippen LogP contribution in [-0.4, -0.2) is 10.9 Å². The van der Waals surface area contributed by atoms with Gasteiger partial charge in [0, 0.05) is 11.1 Å². The smallest absolute Gasteiger partial charge is 0.227 e. The van der Waals surface area contributed by atoms with Gasteiger partial charge in [-0.15, -0.1) is 11.3 Å². The van der Waals surface area contributed by atoms with E-state index in [-0.39, 0.29) is 11.8 Å². The van der Waals surface area contributed by atoms with E-state index in [1.165, 1.54) is 11.3 Å². The molecule has 1 aromatic carbocycles. The zero-order valence-corrected chi connectivity index (χ0v) is 12.2. The second-order valence-corrected chi connectivity index (χ2v) is 5.87. The Kier molecular flexibility index (Phi) is 4.93. The van der Waals surface area contributed by atoms with Crippen LogP contribution in [0, 0.1) is 0 Å². The van der Waals surface area contributed by atoms with Crippen LogP contribution in [0.2, 0.25) is 4.47 Å². The molecule has 1 N–H and O–H groups in total. The molecule has 1 atom stereocenters. The second kappa shape index (κ2) is 6.68. The van der Waals surface area contributed by atoms with Crippen molar-refractivity contribution in [2.24, 2.45) is 0 Å². The molecule has 19 heavy (non-hydrogen) atoms. The molecule has 5 heteroatoms. The number of hydrogen-bond acceptors (Lipinski definition) is 3. The maximum absolute atomic E-state index is 12.2. The first-order chi connectivity index (χ1) is 9.20. The summed E-state index contributed by atoms with van der Waals surface area (Å²) in [5.74, 6) is -0.0668. The van der Waals surface area contributed by atoms with Gasteiger partial charge in [-0.1, -0.05) is 48.9 Å². The van der Waals surface area contributed by atoms with Crippen molar-refractivity contribution in [2.75, 3.05) is 0 Å². The van der Waals surface area contributed by atoms with E-state index in [2.05, 4.69) is 10.3 Å². The van der Waals surface area contributed by atoms with Crippen molar-refractivity contribution in [1.29, 1.82) is 0 Å². The zero-order valence-electron chi connectivity index (χ0n) is 10.6. The highest BCUT2D eigenvalue weighted by Gasteiger charge is 2.18. The van der Waals surface area contributed by atoms with E-state index in [1.54, 1.807) is 6.20 Å². The van der Waals surface area contributed by atoms with E-state index in [0.717, 1.165) is 16.9 Å². The number of benzene rings is 1. The highest BCUT2D eigenvalue weighted by atomic mass is 35.5. The Morgan fingerprint density at radius 2 is 2.16 bits per heavy atom. The molecule has 0 saturated heterocycles. The maximum Gasteiger partial charge on any atom is 0.227 e. The van der Waals surface area contributed by atoms with Crippen molar-refractivity contribution in [2.45, 2.75) is 25.8 Å². The lowest BCUT2D eigenvalue weighted by Crippen LogP contribution is -2.28. The number of thiazole rings is 1. The minimum absolute atomic E-state index is 0.0400. The third-order valence-corrected chi connectivity index (χ3v) is 4.00. The summed E-state index contributed by atoms with van der Waals surface area (Å²) >= 11 is 7.14. The lowest BCUT2D eigenvalue weighted by molar-refractivity contribution is -0.122. The molecule has 0 aliphatic rings. The van der Waals surface area contributed by atoms with Crippen LogP contribution in [0.5, 0.6) is 0 Å². The zero-order chi connectivity index (χ0) is 13.7. The van der Waals surface area contributed by atoms with E-state index < -0.39 is 0 Å². The molecule has 100 valence electrons. The van der Waals surface area contributed by atoms with Gasteiger partial charge in [-0.3, -0.25) is 4.79 Å². The van der Waals surface area contributed by atoms with Crippen molar-refractivity contribution in [3.8, 4) is 0 Å². The fourth-order valence-corrected chi connectivity index (χ4v) is 2.84. The fourth-order valence-electron chi connectivity index (χ4n) is 1.92. The van der Waals surface area contributed by atoms with Crippen molar-refractivity contribution in [1.82, 2.24) is 10.3 Å². The number of rotatable bonds is 5. The number of carbonyl (C=O) groups excluding carboxylic acids is 1. The van der Waals surface area contributed by atoms with E-state index >= 15 is 0 Å². The van der Waals surface area contributed by atoms with Gasteiger partial charge in [-0.2, -0.15) is 0 Å². The highest BCUT2D eigenvalue weighted by molar-refractivity contribution is 7.15. The summed E-state index contributed by atoms with van der Waals surface area (Å²) < 4.78 is 0.499. The average molecular weight is 295 g/mol. The predicted octanol–water partition coefficient (Wildman–Crippen LogP) is 3.61. The van der Waals surface area contributed by atoms with Gasteiger partial charge >= 0.3 is 0 Å². The van der Waals surface area contributed by atoms with Gasteiger partial charge in [-0.25, -0.2) is 4.98 Å². The molecule has 1 unspecified atom stereocenters. The average Bonchev–Trinajstić information content (AvgIpc) is 2.84. The number of halogens is 1. The van der Waals surface area contributed by atoms with Crippen molar-refractivity contribution in [3.05, 3.63) is 51.4 Å². The minimum Gasteiger partial charge on any atom is -0.351 e. The number of hydrogen-bond donors (Lipinski definition) is 1. The first kappa shape index (κ1) is 14.0. The molecule has 2 aromatic rings. The quantitative estimate of drug-likeness (QED) is 0.915. The first-order valence-electron chi connectivity index (χ1n) is 6.13.